The van der Waals surface area contributed by atoms with Gasteiger partial charge in [0.15, 0.2) is 5.60 Å². The molecule has 0 unspecified atom stereocenters. The van der Waals surface area contributed by atoms with Crippen molar-refractivity contribution in [3.63, 3.8) is 0 Å². The lowest BCUT2D eigenvalue weighted by Crippen LogP contribution is -2.55. The average molecular weight is 728 g/mol. The zero-order chi connectivity index (χ0) is 36.8. The van der Waals surface area contributed by atoms with Crippen LogP contribution in [0.3, 0.4) is 0 Å². The molecule has 278 valence electrons. The fourth-order valence-electron chi connectivity index (χ4n) is 6.22. The third kappa shape index (κ3) is 10.9. The first kappa shape index (κ1) is 38.0. The number of likely N-dealkylation sites (tertiary alicyclic amines) is 1. The van der Waals surface area contributed by atoms with E-state index in [-0.39, 0.29) is 37.3 Å². The molecule has 0 aromatic heterocycles. The minimum atomic E-state index is -3.82. The van der Waals surface area contributed by atoms with Gasteiger partial charge in [-0.25, -0.2) is 13.2 Å². The summed E-state index contributed by atoms with van der Waals surface area (Å²) in [5.41, 5.74) is -1.50. The van der Waals surface area contributed by atoms with Gasteiger partial charge in [0.1, 0.15) is 23.4 Å². The molecule has 1 aromatic rings. The monoisotopic (exact) mass is 727 g/mol. The molecular weight excluding hydrogens is 678 g/mol. The Morgan fingerprint density at radius 1 is 1.06 bits per heavy atom. The maximum Gasteiger partial charge on any atom is 0.408 e. The van der Waals surface area contributed by atoms with E-state index in [0.29, 0.717) is 30.7 Å². The van der Waals surface area contributed by atoms with Crippen molar-refractivity contribution in [2.75, 3.05) is 13.1 Å². The fourth-order valence-corrected chi connectivity index (χ4v) is 7.53. The number of amides is 4. The van der Waals surface area contributed by atoms with Crippen LogP contribution in [-0.2, 0) is 34.0 Å². The number of Topliss-reactive ketones (excluding diaryl/α,β-unsaturated/α-hetero) is 1. The molecule has 5 rings (SSSR count). The molecule has 3 N–H and O–H groups in total. The zero-order valence-electron chi connectivity index (χ0n) is 29.5. The fraction of sp³-hybridized carbons (Fsp3) is 0.611. The van der Waals surface area contributed by atoms with Crippen LogP contribution in [0.2, 0.25) is 0 Å². The Kier molecular flexibility index (Phi) is 11.9. The lowest BCUT2D eigenvalue weighted by molar-refractivity contribution is -0.140. The van der Waals surface area contributed by atoms with Crippen LogP contribution in [0.25, 0.3) is 0 Å². The first-order valence-electron chi connectivity index (χ1n) is 17.8. The van der Waals surface area contributed by atoms with E-state index in [2.05, 4.69) is 27.9 Å². The van der Waals surface area contributed by atoms with E-state index >= 15 is 0 Å². The van der Waals surface area contributed by atoms with Gasteiger partial charge in [-0.3, -0.25) is 23.9 Å². The van der Waals surface area contributed by atoms with E-state index in [9.17, 15) is 32.4 Å². The molecule has 4 aliphatic rings. The second-order valence-electron chi connectivity index (χ2n) is 15.0. The molecule has 3 fully saturated rings. The van der Waals surface area contributed by atoms with Gasteiger partial charge >= 0.3 is 6.09 Å². The molecule has 1 spiro atoms. The van der Waals surface area contributed by atoms with Gasteiger partial charge in [-0.15, -0.1) is 0 Å². The van der Waals surface area contributed by atoms with Crippen molar-refractivity contribution < 1.29 is 42.0 Å². The molecule has 2 aliphatic carbocycles. The van der Waals surface area contributed by atoms with Crippen LogP contribution in [0, 0.1) is 5.92 Å². The van der Waals surface area contributed by atoms with E-state index in [1.807, 2.05) is 4.72 Å². The Morgan fingerprint density at radius 3 is 2.45 bits per heavy atom. The number of carbonyl (C=O) groups excluding carboxylic acids is 5. The molecule has 15 heteroatoms. The number of unbranched alkanes of at least 4 members (excludes halogenated alkanes) is 3. The summed E-state index contributed by atoms with van der Waals surface area (Å²) in [4.78, 5) is 73.8. The molecular formula is C36H49N5O9S. The van der Waals surface area contributed by atoms with E-state index < -0.39 is 68.9 Å². The predicted octanol–water partition coefficient (Wildman–Crippen LogP) is 3.52. The highest BCUT2D eigenvalue weighted by Gasteiger charge is 2.55. The summed E-state index contributed by atoms with van der Waals surface area (Å²) in [6.45, 7) is 4.36. The van der Waals surface area contributed by atoms with Gasteiger partial charge in [0, 0.05) is 18.4 Å². The number of nitrogens with zero attached hydrogens (tertiary/aromatic N) is 2. The molecule has 14 nitrogen and oxygen atoms in total. The van der Waals surface area contributed by atoms with Crippen molar-refractivity contribution in [2.45, 2.75) is 120 Å². The number of hydrogen-bond donors (Lipinski definition) is 3. The largest absolute Gasteiger partial charge is 0.444 e. The third-order valence-electron chi connectivity index (χ3n) is 9.15. The standard InChI is InChI=1S/C36H49N5O9S/c1-35(2,3)49-34(46)38-27(15-11-6-4-5-8-12-24-16-17-24)33(45)41-23-36(20-28(39-50-36)31(43)25-13-9-7-10-14-25)21-29(41)32(44)37-22-30(42)40-51(47,48)26-18-19-26/h7-10,12-14,24,26-27,29H,4-6,11,15-23H2,1-3H3,(H,37,44)(H,38,46)(H,40,42)/t27-,29-,36+/m0/s1. The molecule has 2 saturated carbocycles. The highest BCUT2D eigenvalue weighted by Crippen LogP contribution is 2.39. The Labute approximate surface area is 299 Å². The van der Waals surface area contributed by atoms with Crippen molar-refractivity contribution >= 4 is 45.3 Å². The molecule has 1 saturated heterocycles. The van der Waals surface area contributed by atoms with Crippen LogP contribution < -0.4 is 15.4 Å². The number of hydrogen-bond acceptors (Lipinski definition) is 10. The summed E-state index contributed by atoms with van der Waals surface area (Å²) in [5.74, 6) is -1.83. The van der Waals surface area contributed by atoms with Crippen molar-refractivity contribution in [3.05, 3.63) is 48.0 Å². The number of alkyl carbamates (subject to hydrolysis) is 1. The van der Waals surface area contributed by atoms with Gasteiger partial charge in [-0.05, 0) is 71.6 Å². The van der Waals surface area contributed by atoms with E-state index in [1.165, 1.54) is 17.7 Å². The average Bonchev–Trinajstić information content (AvgIpc) is 4.02. The second-order valence-corrected chi connectivity index (χ2v) is 16.9. The lowest BCUT2D eigenvalue weighted by Gasteiger charge is -2.29. The Morgan fingerprint density at radius 2 is 1.78 bits per heavy atom. The number of carbonyl (C=O) groups is 5. The van der Waals surface area contributed by atoms with Crippen molar-refractivity contribution in [1.82, 2.24) is 20.3 Å². The number of nitrogens with one attached hydrogen (secondary N) is 3. The third-order valence-corrected chi connectivity index (χ3v) is 11.0. The first-order chi connectivity index (χ1) is 24.1. The van der Waals surface area contributed by atoms with E-state index in [4.69, 9.17) is 9.57 Å². The quantitative estimate of drug-likeness (QED) is 0.130. The van der Waals surface area contributed by atoms with E-state index in [0.717, 1.165) is 19.3 Å². The number of rotatable bonds is 16. The summed E-state index contributed by atoms with van der Waals surface area (Å²) >= 11 is 0. The Hall–Kier alpha value is -4.27. The minimum absolute atomic E-state index is 0.0208. The predicted molar refractivity (Wildman–Crippen MR) is 188 cm³/mol. The molecule has 2 heterocycles. The number of oxime groups is 1. The number of allylic oxidation sites excluding steroid dienone is 2. The highest BCUT2D eigenvalue weighted by atomic mass is 32.2. The number of benzene rings is 1. The summed E-state index contributed by atoms with van der Waals surface area (Å²) in [7, 11) is -3.82. The van der Waals surface area contributed by atoms with Crippen LogP contribution in [0.1, 0.15) is 102 Å². The maximum atomic E-state index is 14.3. The van der Waals surface area contributed by atoms with Crippen molar-refractivity contribution in [3.8, 4) is 0 Å². The lowest BCUT2D eigenvalue weighted by atomic mass is 9.91. The summed E-state index contributed by atoms with van der Waals surface area (Å²) < 4.78 is 31.9. The maximum absolute atomic E-state index is 14.3. The molecule has 2 aliphatic heterocycles. The van der Waals surface area contributed by atoms with E-state index in [1.54, 1.807) is 51.1 Å². The summed E-state index contributed by atoms with van der Waals surface area (Å²) in [6.07, 6.45) is 10.5. The van der Waals surface area contributed by atoms with Gasteiger partial charge in [0.2, 0.25) is 27.6 Å². The smallest absolute Gasteiger partial charge is 0.408 e. The topological polar surface area (TPSA) is 190 Å². The van der Waals surface area contributed by atoms with Crippen LogP contribution in [-0.4, -0.2) is 90.3 Å². The van der Waals surface area contributed by atoms with Crippen molar-refractivity contribution in [1.29, 1.82) is 0 Å². The Balaban J connectivity index is 1.30. The van der Waals surface area contributed by atoms with Gasteiger partial charge in [-0.2, -0.15) is 0 Å². The zero-order valence-corrected chi connectivity index (χ0v) is 30.3. The number of ketones is 1. The first-order valence-corrected chi connectivity index (χ1v) is 19.3. The number of sulfonamides is 1. The number of ether oxygens (including phenoxy) is 1. The van der Waals surface area contributed by atoms with Gasteiger partial charge in [-0.1, -0.05) is 60.5 Å². The van der Waals surface area contributed by atoms with Gasteiger partial charge < -0.3 is 25.1 Å². The van der Waals surface area contributed by atoms with Gasteiger partial charge in [0.05, 0.1) is 18.3 Å². The minimum Gasteiger partial charge on any atom is -0.444 e. The molecule has 51 heavy (non-hydrogen) atoms. The van der Waals surface area contributed by atoms with Crippen LogP contribution in [0.4, 0.5) is 4.79 Å². The normalized spacial score (nSPS) is 22.3. The molecule has 4 amide bonds. The molecule has 3 atom stereocenters. The second kappa shape index (κ2) is 16.0. The van der Waals surface area contributed by atoms with Crippen LogP contribution in [0.15, 0.2) is 47.6 Å². The Bertz CT molecular complexity index is 1650. The SMILES string of the molecule is CC(C)(C)OC(=O)N[C@@H](CCCCCC=CC1CC1)C(=O)N1C[C@@]2(CC(C(=O)c3ccccc3)=NO2)C[C@H]1C(=O)NCC(=O)NS(=O)(=O)C1CC1. The summed E-state index contributed by atoms with van der Waals surface area (Å²) in [5, 5.41) is 8.62. The van der Waals surface area contributed by atoms with Crippen molar-refractivity contribution in [2.24, 2.45) is 11.1 Å². The van der Waals surface area contributed by atoms with Gasteiger partial charge in [0.25, 0.3) is 5.91 Å². The summed E-state index contributed by atoms with van der Waals surface area (Å²) in [6, 6.07) is 6.32. The molecule has 0 bridgehead atoms. The molecule has 1 aromatic carbocycles. The van der Waals surface area contributed by atoms with Crippen LogP contribution >= 0.6 is 0 Å². The molecule has 0 radical (unpaired) electrons. The van der Waals surface area contributed by atoms with Crippen LogP contribution in [0.5, 0.6) is 0 Å². The highest BCUT2D eigenvalue weighted by molar-refractivity contribution is 7.90.